The Kier molecular flexibility index (Phi) is 7.46. The van der Waals surface area contributed by atoms with Gasteiger partial charge in [0.05, 0.1) is 23.3 Å². The van der Waals surface area contributed by atoms with Gasteiger partial charge in [0, 0.05) is 12.1 Å². The highest BCUT2D eigenvalue weighted by Crippen LogP contribution is 2.38. The first-order valence-corrected chi connectivity index (χ1v) is 14.6. The van der Waals surface area contributed by atoms with E-state index in [1.54, 1.807) is 18.3 Å². The van der Waals surface area contributed by atoms with Gasteiger partial charge in [-0.05, 0) is 85.4 Å². The molecule has 0 saturated carbocycles. The number of hydrogen-bond acceptors (Lipinski definition) is 6. The number of carbonyl (C=O) groups is 2. The van der Waals surface area contributed by atoms with Crippen molar-refractivity contribution in [2.75, 3.05) is 5.32 Å². The summed E-state index contributed by atoms with van der Waals surface area (Å²) < 4.78 is 29.8. The van der Waals surface area contributed by atoms with Crippen molar-refractivity contribution in [3.63, 3.8) is 0 Å². The van der Waals surface area contributed by atoms with Crippen molar-refractivity contribution >= 4 is 27.6 Å². The number of hydrogen-bond donors (Lipinski definition) is 3. The lowest BCUT2D eigenvalue weighted by Gasteiger charge is -2.16. The summed E-state index contributed by atoms with van der Waals surface area (Å²) in [6.45, 7) is 2.25. The summed E-state index contributed by atoms with van der Waals surface area (Å²) in [6, 6.07) is 7.59. The normalized spacial score (nSPS) is 14.1. The topological polar surface area (TPSA) is 135 Å². The number of benzene rings is 2. The maximum atomic E-state index is 13.1. The molecule has 2 aromatic carbocycles. The number of carbonyl (C=O) groups excluding carboxylic acids is 2. The van der Waals surface area contributed by atoms with Crippen molar-refractivity contribution in [3.8, 4) is 5.69 Å². The van der Waals surface area contributed by atoms with E-state index < -0.39 is 16.1 Å². The van der Waals surface area contributed by atoms with Crippen LogP contribution in [0.5, 0.6) is 0 Å². The van der Waals surface area contributed by atoms with E-state index in [0.29, 0.717) is 17.8 Å². The average molecular weight is 537 g/mol. The number of rotatable bonds is 9. The third-order valence-electron chi connectivity index (χ3n) is 7.10. The van der Waals surface area contributed by atoms with Gasteiger partial charge in [-0.1, -0.05) is 30.7 Å². The van der Waals surface area contributed by atoms with Crippen LogP contribution in [0.4, 0.5) is 10.5 Å². The Morgan fingerprint density at radius 3 is 2.47 bits per heavy atom. The second kappa shape index (κ2) is 10.9. The second-order valence-corrected chi connectivity index (χ2v) is 11.5. The van der Waals surface area contributed by atoms with Crippen LogP contribution in [0.3, 0.4) is 0 Å². The van der Waals surface area contributed by atoms with Gasteiger partial charge in [-0.15, -0.1) is 5.10 Å². The quantitative estimate of drug-likeness (QED) is 0.383. The molecule has 0 bridgehead atoms. The van der Waals surface area contributed by atoms with Gasteiger partial charge in [-0.2, -0.15) is 0 Å². The van der Waals surface area contributed by atoms with Crippen LogP contribution in [-0.4, -0.2) is 35.3 Å². The van der Waals surface area contributed by atoms with Crippen molar-refractivity contribution in [2.24, 2.45) is 0 Å². The van der Waals surface area contributed by atoms with Crippen LogP contribution in [0.2, 0.25) is 0 Å². The molecule has 11 heteroatoms. The molecule has 38 heavy (non-hydrogen) atoms. The Morgan fingerprint density at radius 1 is 1.03 bits per heavy atom. The molecular formula is C27H32N6O4S. The molecule has 2 aliphatic rings. The molecule has 200 valence electrons. The summed E-state index contributed by atoms with van der Waals surface area (Å²) in [6.07, 6.45) is 9.66. The van der Waals surface area contributed by atoms with Crippen molar-refractivity contribution < 1.29 is 18.0 Å². The molecule has 0 radical (unpaired) electrons. The molecule has 1 heterocycles. The fourth-order valence-electron chi connectivity index (χ4n) is 5.20. The Hall–Kier alpha value is -3.73. The van der Waals surface area contributed by atoms with E-state index in [2.05, 4.69) is 31.7 Å². The van der Waals surface area contributed by atoms with Crippen molar-refractivity contribution in [3.05, 3.63) is 64.5 Å². The maximum absolute atomic E-state index is 13.1. The second-order valence-electron chi connectivity index (χ2n) is 9.83. The molecule has 3 N–H and O–H groups in total. The molecule has 5 rings (SSSR count). The van der Waals surface area contributed by atoms with Crippen molar-refractivity contribution in [1.29, 1.82) is 0 Å². The lowest BCUT2D eigenvalue weighted by molar-refractivity contribution is -0.121. The molecule has 1 aromatic heterocycles. The summed E-state index contributed by atoms with van der Waals surface area (Å²) >= 11 is 0. The standard InChI is InChI=1S/C27H32N6O4S/c1-2-3-13-25(34)28-16-20-17-33(32-30-20)21-9-6-10-22(15-21)38(36,37)31-27(35)29-26-23-11-4-7-18(23)14-19-8-5-12-24(19)26/h6,9-10,14-15,17H,2-5,7-8,11-13,16H2,1H3,(H,28,34)(H2,29,31,35). The van der Waals surface area contributed by atoms with Gasteiger partial charge in [0.2, 0.25) is 5.91 Å². The summed E-state index contributed by atoms with van der Waals surface area (Å²) in [5.41, 5.74) is 6.55. The number of nitrogens with zero attached hydrogens (tertiary/aromatic N) is 3. The highest BCUT2D eigenvalue weighted by atomic mass is 32.2. The van der Waals surface area contributed by atoms with Crippen molar-refractivity contribution in [2.45, 2.75) is 76.2 Å². The van der Waals surface area contributed by atoms with Crippen LogP contribution < -0.4 is 15.4 Å². The van der Waals surface area contributed by atoms with Crippen LogP contribution in [0.25, 0.3) is 5.69 Å². The summed E-state index contributed by atoms with van der Waals surface area (Å²) in [7, 11) is -4.14. The first kappa shape index (κ1) is 25.9. The largest absolute Gasteiger partial charge is 0.350 e. The molecule has 0 unspecified atom stereocenters. The highest BCUT2D eigenvalue weighted by molar-refractivity contribution is 7.90. The zero-order valence-corrected chi connectivity index (χ0v) is 22.2. The predicted octanol–water partition coefficient (Wildman–Crippen LogP) is 3.56. The fraction of sp³-hybridized carbons (Fsp3) is 0.407. The predicted molar refractivity (Wildman–Crippen MR) is 143 cm³/mol. The first-order valence-electron chi connectivity index (χ1n) is 13.1. The SMILES string of the molecule is CCCCC(=O)NCc1cn(-c2cccc(S(=O)(=O)NC(=O)Nc3c4c(cc5c3CCC5)CCC4)c2)nn1. The molecule has 0 atom stereocenters. The van der Waals surface area contributed by atoms with Crippen LogP contribution in [0.15, 0.2) is 41.4 Å². The van der Waals surface area contributed by atoms with Gasteiger partial charge < -0.3 is 10.6 Å². The monoisotopic (exact) mass is 536 g/mol. The van der Waals surface area contributed by atoms with Crippen LogP contribution in [-0.2, 0) is 47.0 Å². The Bertz CT molecular complexity index is 1450. The number of aromatic nitrogens is 3. The molecule has 10 nitrogen and oxygen atoms in total. The minimum atomic E-state index is -4.14. The molecule has 0 saturated heterocycles. The summed E-state index contributed by atoms with van der Waals surface area (Å²) in [4.78, 5) is 24.7. The van der Waals surface area contributed by atoms with E-state index >= 15 is 0 Å². The number of amides is 3. The zero-order valence-electron chi connectivity index (χ0n) is 21.4. The third-order valence-corrected chi connectivity index (χ3v) is 8.42. The summed E-state index contributed by atoms with van der Waals surface area (Å²) in [5, 5.41) is 13.8. The number of unbranched alkanes of at least 4 members (excludes halogenated alkanes) is 1. The number of anilines is 1. The van der Waals surface area contributed by atoms with Crippen molar-refractivity contribution in [1.82, 2.24) is 25.0 Å². The fourth-order valence-corrected chi connectivity index (χ4v) is 6.15. The van der Waals surface area contributed by atoms with Crippen LogP contribution in [0.1, 0.15) is 67.0 Å². The van der Waals surface area contributed by atoms with Gasteiger partial charge in [-0.3, -0.25) is 4.79 Å². The lowest BCUT2D eigenvalue weighted by Crippen LogP contribution is -2.35. The minimum Gasteiger partial charge on any atom is -0.350 e. The molecule has 0 aliphatic heterocycles. The van der Waals surface area contributed by atoms with Gasteiger partial charge >= 0.3 is 6.03 Å². The Labute approximate surface area is 222 Å². The molecule has 3 amide bonds. The zero-order chi connectivity index (χ0) is 26.7. The van der Waals surface area contributed by atoms with Gasteiger partial charge in [-0.25, -0.2) is 22.6 Å². The minimum absolute atomic E-state index is 0.0516. The first-order chi connectivity index (χ1) is 18.3. The number of sulfonamides is 1. The lowest BCUT2D eigenvalue weighted by atomic mass is 9.99. The smallest absolute Gasteiger partial charge is 0.333 e. The molecule has 2 aliphatic carbocycles. The molecule has 0 fully saturated rings. The Balaban J connectivity index is 1.27. The average Bonchev–Trinajstić information content (AvgIpc) is 3.66. The van der Waals surface area contributed by atoms with E-state index in [-0.39, 0.29) is 17.3 Å². The number of nitrogens with one attached hydrogen (secondary N) is 3. The van der Waals surface area contributed by atoms with Gasteiger partial charge in [0.25, 0.3) is 10.0 Å². The van der Waals surface area contributed by atoms with Gasteiger partial charge in [0.1, 0.15) is 5.69 Å². The maximum Gasteiger partial charge on any atom is 0.333 e. The van der Waals surface area contributed by atoms with E-state index in [0.717, 1.165) is 68.2 Å². The third kappa shape index (κ3) is 5.57. The summed E-state index contributed by atoms with van der Waals surface area (Å²) in [5.74, 6) is -0.0516. The number of aryl methyl sites for hydroxylation is 2. The van der Waals surface area contributed by atoms with E-state index in [9.17, 15) is 18.0 Å². The van der Waals surface area contributed by atoms with Crippen LogP contribution in [0, 0.1) is 0 Å². The molecule has 0 spiro atoms. The Morgan fingerprint density at radius 2 is 1.76 bits per heavy atom. The van der Waals surface area contributed by atoms with E-state index in [1.807, 2.05) is 6.92 Å². The van der Waals surface area contributed by atoms with E-state index in [1.165, 1.54) is 27.9 Å². The van der Waals surface area contributed by atoms with Crippen LogP contribution >= 0.6 is 0 Å². The molecular weight excluding hydrogens is 504 g/mol. The highest BCUT2D eigenvalue weighted by Gasteiger charge is 2.26. The number of urea groups is 1. The number of fused-ring (bicyclic) bond motifs is 2. The molecule has 3 aromatic rings. The van der Waals surface area contributed by atoms with Gasteiger partial charge in [0.15, 0.2) is 0 Å². The van der Waals surface area contributed by atoms with E-state index in [4.69, 9.17) is 0 Å².